The number of amides is 2. The Hall–Kier alpha value is -3.62. The Bertz CT molecular complexity index is 1300. The zero-order chi connectivity index (χ0) is 32.3. The summed E-state index contributed by atoms with van der Waals surface area (Å²) in [6.45, 7) is 10.3. The van der Waals surface area contributed by atoms with Crippen LogP contribution in [-0.4, -0.2) is 93.7 Å². The molecule has 1 heterocycles. The van der Waals surface area contributed by atoms with Gasteiger partial charge in [0.1, 0.15) is 18.0 Å². The average Bonchev–Trinajstić information content (AvgIpc) is 3.40. The quantitative estimate of drug-likeness (QED) is 0.127. The van der Waals surface area contributed by atoms with Crippen LogP contribution >= 0.6 is 11.6 Å². The fourth-order valence-corrected chi connectivity index (χ4v) is 4.02. The molecule has 0 spiro atoms. The molecule has 3 aromatic rings. The maximum absolute atomic E-state index is 11.9. The second-order valence-electron chi connectivity index (χ2n) is 10.8. The summed E-state index contributed by atoms with van der Waals surface area (Å²) >= 11 is 6.41. The maximum Gasteiger partial charge on any atom is 0.408 e. The van der Waals surface area contributed by atoms with Gasteiger partial charge in [0.2, 0.25) is 0 Å². The van der Waals surface area contributed by atoms with Crippen molar-refractivity contribution in [2.24, 2.45) is 0 Å². The number of nitrogens with one attached hydrogen (secondary N) is 4. The summed E-state index contributed by atoms with van der Waals surface area (Å²) in [6, 6.07) is 13.1. The van der Waals surface area contributed by atoms with Gasteiger partial charge in [-0.15, -0.1) is 0 Å². The molecule has 0 radical (unpaired) electrons. The summed E-state index contributed by atoms with van der Waals surface area (Å²) in [4.78, 5) is 31.2. The minimum absolute atomic E-state index is 0.204. The topological polar surface area (TPSA) is 154 Å². The molecule has 0 saturated heterocycles. The molecule has 0 bridgehead atoms. The highest BCUT2D eigenvalue weighted by Gasteiger charge is 2.16. The van der Waals surface area contributed by atoms with Gasteiger partial charge in [-0.2, -0.15) is 0 Å². The lowest BCUT2D eigenvalue weighted by Gasteiger charge is -2.19. The van der Waals surface area contributed by atoms with Gasteiger partial charge in [0, 0.05) is 13.1 Å². The predicted molar refractivity (Wildman–Crippen MR) is 171 cm³/mol. The van der Waals surface area contributed by atoms with E-state index in [9.17, 15) is 9.59 Å². The fourth-order valence-electron chi connectivity index (χ4n) is 3.79. The van der Waals surface area contributed by atoms with E-state index in [-0.39, 0.29) is 13.2 Å². The van der Waals surface area contributed by atoms with Crippen LogP contribution in [0.3, 0.4) is 0 Å². The van der Waals surface area contributed by atoms with E-state index in [1.165, 1.54) is 0 Å². The Morgan fingerprint density at radius 3 is 2.09 bits per heavy atom. The van der Waals surface area contributed by atoms with Crippen molar-refractivity contribution in [1.82, 2.24) is 20.6 Å². The third-order valence-corrected chi connectivity index (χ3v) is 6.14. The molecule has 2 aromatic carbocycles. The molecule has 13 nitrogen and oxygen atoms in total. The first-order valence-electron chi connectivity index (χ1n) is 14.8. The molecular weight excluding hydrogens is 606 g/mol. The molecule has 14 heteroatoms. The van der Waals surface area contributed by atoms with Crippen molar-refractivity contribution in [3.63, 3.8) is 0 Å². The van der Waals surface area contributed by atoms with Gasteiger partial charge in [0.05, 0.1) is 81.1 Å². The predicted octanol–water partition coefficient (Wildman–Crippen LogP) is 4.65. The smallest absolute Gasteiger partial charge is 0.408 e. The van der Waals surface area contributed by atoms with Gasteiger partial charge >= 0.3 is 12.2 Å². The van der Waals surface area contributed by atoms with Crippen molar-refractivity contribution in [3.8, 4) is 0 Å². The van der Waals surface area contributed by atoms with Crippen LogP contribution in [0.4, 0.5) is 15.3 Å². The monoisotopic (exact) mass is 649 g/mol. The van der Waals surface area contributed by atoms with Crippen LogP contribution in [0.2, 0.25) is 5.02 Å². The summed E-state index contributed by atoms with van der Waals surface area (Å²) in [7, 11) is 0. The largest absolute Gasteiger partial charge is 0.445 e. The summed E-state index contributed by atoms with van der Waals surface area (Å²) in [6.07, 6.45) is -0.985. The highest BCUT2D eigenvalue weighted by Crippen LogP contribution is 2.27. The van der Waals surface area contributed by atoms with Crippen molar-refractivity contribution in [3.05, 3.63) is 58.9 Å². The molecule has 0 aliphatic carbocycles. The van der Waals surface area contributed by atoms with Crippen LogP contribution in [0.15, 0.2) is 42.5 Å². The molecule has 0 saturated carbocycles. The number of aromatic amines is 1. The average molecular weight is 650 g/mol. The first-order chi connectivity index (χ1) is 21.7. The number of H-pyrrole nitrogens is 1. The van der Waals surface area contributed by atoms with E-state index in [0.29, 0.717) is 82.3 Å². The third-order valence-electron chi connectivity index (χ3n) is 5.83. The van der Waals surface area contributed by atoms with E-state index in [2.05, 4.69) is 25.9 Å². The van der Waals surface area contributed by atoms with Gasteiger partial charge in [-0.1, -0.05) is 41.9 Å². The van der Waals surface area contributed by atoms with E-state index in [0.717, 1.165) is 16.8 Å². The van der Waals surface area contributed by atoms with Crippen molar-refractivity contribution in [2.45, 2.75) is 39.5 Å². The molecule has 0 fully saturated rings. The summed E-state index contributed by atoms with van der Waals surface area (Å²) in [5.74, 6) is 0.592. The number of anilines is 1. The van der Waals surface area contributed by atoms with Crippen molar-refractivity contribution in [1.29, 1.82) is 0 Å². The number of benzene rings is 2. The molecule has 1 aromatic heterocycles. The van der Waals surface area contributed by atoms with Gasteiger partial charge < -0.3 is 49.4 Å². The first-order valence-corrected chi connectivity index (χ1v) is 15.2. The molecule has 4 N–H and O–H groups in total. The SMILES string of the molecule is CC(C)(C)OC(=O)NCc1nc2cc(Cl)c(NCCOCCOCCOCCOCCNC(=O)OCc3ccccc3)cc2[nH]1. The lowest BCUT2D eigenvalue weighted by molar-refractivity contribution is -0.000432. The first kappa shape index (κ1) is 35.9. The van der Waals surface area contributed by atoms with Gasteiger partial charge in [0.25, 0.3) is 0 Å². The normalized spacial score (nSPS) is 11.4. The van der Waals surface area contributed by atoms with E-state index < -0.39 is 17.8 Å². The van der Waals surface area contributed by atoms with Gasteiger partial charge in [-0.3, -0.25) is 0 Å². The molecule has 3 rings (SSSR count). The van der Waals surface area contributed by atoms with Crippen molar-refractivity contribution >= 4 is 40.5 Å². The van der Waals surface area contributed by atoms with Gasteiger partial charge in [0.15, 0.2) is 0 Å². The second kappa shape index (κ2) is 19.7. The van der Waals surface area contributed by atoms with Crippen LogP contribution in [-0.2, 0) is 41.6 Å². The number of hydrogen-bond acceptors (Lipinski definition) is 10. The number of halogens is 1. The molecule has 248 valence electrons. The van der Waals surface area contributed by atoms with E-state index >= 15 is 0 Å². The second-order valence-corrected chi connectivity index (χ2v) is 11.2. The zero-order valence-electron chi connectivity index (χ0n) is 26.1. The summed E-state index contributed by atoms with van der Waals surface area (Å²) < 4.78 is 32.4. The number of imidazole rings is 1. The van der Waals surface area contributed by atoms with E-state index in [1.54, 1.807) is 26.8 Å². The number of alkyl carbamates (subject to hydrolysis) is 2. The van der Waals surface area contributed by atoms with E-state index in [1.807, 2.05) is 36.4 Å². The Kier molecular flexibility index (Phi) is 15.7. The van der Waals surface area contributed by atoms with E-state index in [4.69, 9.17) is 40.0 Å². The highest BCUT2D eigenvalue weighted by atomic mass is 35.5. The number of ether oxygens (including phenoxy) is 6. The fraction of sp³-hybridized carbons (Fsp3) is 0.516. The Balaban J connectivity index is 1.13. The van der Waals surface area contributed by atoms with Crippen molar-refractivity contribution in [2.75, 3.05) is 71.3 Å². The van der Waals surface area contributed by atoms with Crippen LogP contribution in [0, 0.1) is 0 Å². The van der Waals surface area contributed by atoms with Crippen LogP contribution in [0.1, 0.15) is 32.2 Å². The minimum atomic E-state index is -0.570. The molecule has 0 atom stereocenters. The zero-order valence-corrected chi connectivity index (χ0v) is 26.9. The number of hydrogen-bond donors (Lipinski definition) is 4. The van der Waals surface area contributed by atoms with Gasteiger partial charge in [-0.25, -0.2) is 14.6 Å². The molecular formula is C31H44ClN5O8. The summed E-state index contributed by atoms with van der Waals surface area (Å²) in [5, 5.41) is 9.11. The minimum Gasteiger partial charge on any atom is -0.445 e. The van der Waals surface area contributed by atoms with Crippen LogP contribution in [0.25, 0.3) is 11.0 Å². The van der Waals surface area contributed by atoms with Crippen molar-refractivity contribution < 1.29 is 38.0 Å². The number of carbonyl (C=O) groups is 2. The van der Waals surface area contributed by atoms with Crippen LogP contribution in [0.5, 0.6) is 0 Å². The summed E-state index contributed by atoms with van der Waals surface area (Å²) in [5.41, 5.74) is 2.60. The van der Waals surface area contributed by atoms with Crippen LogP contribution < -0.4 is 16.0 Å². The molecule has 2 amide bonds. The standard InChI is InChI=1S/C31H44ClN5O8/c1-31(2,3)45-30(39)35-21-28-36-26-19-24(32)25(20-27(26)37-28)33-9-11-40-13-15-42-17-18-43-16-14-41-12-10-34-29(38)44-22-23-7-5-4-6-8-23/h4-8,19-20,33H,9-18,21-22H2,1-3H3,(H,34,38)(H,35,39)(H,36,37). The number of carbonyl (C=O) groups excluding carboxylic acids is 2. The Morgan fingerprint density at radius 2 is 1.44 bits per heavy atom. The number of nitrogens with zero attached hydrogens (tertiary/aromatic N) is 1. The third kappa shape index (κ3) is 15.3. The number of rotatable bonds is 20. The lowest BCUT2D eigenvalue weighted by atomic mass is 10.2. The molecule has 0 unspecified atom stereocenters. The molecule has 0 aliphatic heterocycles. The number of fused-ring (bicyclic) bond motifs is 1. The maximum atomic E-state index is 11.9. The molecule has 45 heavy (non-hydrogen) atoms. The Morgan fingerprint density at radius 1 is 0.822 bits per heavy atom. The van der Waals surface area contributed by atoms with Gasteiger partial charge in [-0.05, 0) is 38.5 Å². The lowest BCUT2D eigenvalue weighted by Crippen LogP contribution is -2.32. The Labute approximate surface area is 268 Å². The number of aromatic nitrogens is 2. The highest BCUT2D eigenvalue weighted by molar-refractivity contribution is 6.34. The molecule has 0 aliphatic rings.